The number of rotatable bonds is 5. The lowest BCUT2D eigenvalue weighted by atomic mass is 10.2. The summed E-state index contributed by atoms with van der Waals surface area (Å²) in [6.45, 7) is 1.62. The van der Waals surface area contributed by atoms with Crippen molar-refractivity contribution in [2.45, 2.75) is 6.92 Å². The number of nitrogens with zero attached hydrogens (tertiary/aromatic N) is 2. The van der Waals surface area contributed by atoms with Crippen LogP contribution in [0.15, 0.2) is 59.2 Å². The molecule has 3 aromatic rings. The van der Waals surface area contributed by atoms with Gasteiger partial charge in [0.1, 0.15) is 0 Å². The van der Waals surface area contributed by atoms with Crippen LogP contribution >= 0.6 is 15.9 Å². The summed E-state index contributed by atoms with van der Waals surface area (Å²) in [5.41, 5.74) is 2.11. The number of halogens is 1. The number of para-hydroxylation sites is 1. The normalized spacial score (nSPS) is 10.4. The van der Waals surface area contributed by atoms with E-state index < -0.39 is 5.91 Å². The molecule has 2 amide bonds. The first-order chi connectivity index (χ1) is 12.9. The number of aromatic hydroxyl groups is 1. The molecule has 1 heterocycles. The minimum absolute atomic E-state index is 0.147. The third-order valence-corrected chi connectivity index (χ3v) is 4.30. The Hall–Kier alpha value is -3.13. The van der Waals surface area contributed by atoms with Crippen LogP contribution in [-0.2, 0) is 4.79 Å². The van der Waals surface area contributed by atoms with E-state index in [1.54, 1.807) is 18.2 Å². The number of anilines is 1. The summed E-state index contributed by atoms with van der Waals surface area (Å²) in [6, 6.07) is 14.5. The van der Waals surface area contributed by atoms with Crippen LogP contribution < -0.4 is 10.6 Å². The highest BCUT2D eigenvalue weighted by atomic mass is 79.9. The van der Waals surface area contributed by atoms with E-state index in [0.717, 1.165) is 10.0 Å². The highest BCUT2D eigenvalue weighted by Gasteiger charge is 2.18. The van der Waals surface area contributed by atoms with Gasteiger partial charge in [-0.2, -0.15) is 5.10 Å². The Bertz CT molecular complexity index is 986. The maximum Gasteiger partial charge on any atom is 0.276 e. The summed E-state index contributed by atoms with van der Waals surface area (Å²) in [4.78, 5) is 24.3. The van der Waals surface area contributed by atoms with E-state index in [1.165, 1.54) is 10.9 Å². The van der Waals surface area contributed by atoms with E-state index in [9.17, 15) is 14.7 Å². The fraction of sp³-hybridized carbons (Fsp3) is 0.105. The molecule has 0 atom stereocenters. The zero-order valence-electron chi connectivity index (χ0n) is 14.4. The summed E-state index contributed by atoms with van der Waals surface area (Å²) in [5, 5.41) is 19.2. The maximum atomic E-state index is 12.2. The first-order valence-corrected chi connectivity index (χ1v) is 8.91. The molecule has 8 heteroatoms. The van der Waals surface area contributed by atoms with Gasteiger partial charge >= 0.3 is 0 Å². The van der Waals surface area contributed by atoms with Crippen molar-refractivity contribution in [2.75, 3.05) is 11.9 Å². The lowest BCUT2D eigenvalue weighted by Gasteiger charge is -2.09. The fourth-order valence-electron chi connectivity index (χ4n) is 2.45. The predicted octanol–water partition coefficient (Wildman–Crippen LogP) is 3.02. The molecule has 0 saturated carbocycles. The third kappa shape index (κ3) is 4.53. The Labute approximate surface area is 164 Å². The Balaban J connectivity index is 1.62. The number of hydrogen-bond acceptors (Lipinski definition) is 4. The van der Waals surface area contributed by atoms with Gasteiger partial charge in [-0.3, -0.25) is 9.59 Å². The highest BCUT2D eigenvalue weighted by molar-refractivity contribution is 9.10. The smallest absolute Gasteiger partial charge is 0.276 e. The third-order valence-electron chi connectivity index (χ3n) is 3.80. The molecule has 27 heavy (non-hydrogen) atoms. The van der Waals surface area contributed by atoms with Crippen LogP contribution in [0.5, 0.6) is 5.75 Å². The molecule has 1 aromatic heterocycles. The second kappa shape index (κ2) is 8.05. The van der Waals surface area contributed by atoms with Gasteiger partial charge in [0.05, 0.1) is 18.4 Å². The van der Waals surface area contributed by atoms with Gasteiger partial charge in [-0.05, 0) is 42.8 Å². The summed E-state index contributed by atoms with van der Waals surface area (Å²) in [6.07, 6.45) is 1.34. The number of aromatic nitrogens is 2. The maximum absolute atomic E-state index is 12.2. The van der Waals surface area contributed by atoms with Gasteiger partial charge < -0.3 is 15.7 Å². The van der Waals surface area contributed by atoms with Crippen LogP contribution in [0.4, 0.5) is 5.69 Å². The summed E-state index contributed by atoms with van der Waals surface area (Å²) in [5.74, 6) is -1.28. The summed E-state index contributed by atoms with van der Waals surface area (Å²) in [7, 11) is 0. The number of carbonyl (C=O) groups is 2. The number of benzene rings is 2. The molecular weight excluding hydrogens is 412 g/mol. The van der Waals surface area contributed by atoms with Crippen molar-refractivity contribution in [3.8, 4) is 11.4 Å². The Morgan fingerprint density at radius 3 is 2.63 bits per heavy atom. The van der Waals surface area contributed by atoms with Crippen molar-refractivity contribution >= 4 is 33.4 Å². The van der Waals surface area contributed by atoms with E-state index in [2.05, 4.69) is 31.7 Å². The van der Waals surface area contributed by atoms with Gasteiger partial charge in [0.2, 0.25) is 5.91 Å². The van der Waals surface area contributed by atoms with Gasteiger partial charge in [-0.1, -0.05) is 34.1 Å². The van der Waals surface area contributed by atoms with Crippen LogP contribution in [0.3, 0.4) is 0 Å². The molecule has 0 spiro atoms. The molecule has 138 valence electrons. The second-order valence-electron chi connectivity index (χ2n) is 5.83. The molecule has 3 N–H and O–H groups in total. The quantitative estimate of drug-likeness (QED) is 0.581. The summed E-state index contributed by atoms with van der Waals surface area (Å²) >= 11 is 3.36. The molecule has 0 unspecified atom stereocenters. The molecule has 0 saturated heterocycles. The molecule has 0 aliphatic carbocycles. The van der Waals surface area contributed by atoms with E-state index >= 15 is 0 Å². The minimum atomic E-state index is -0.634. The number of amides is 2. The molecule has 0 aliphatic heterocycles. The molecule has 0 aliphatic rings. The number of hydrogen-bond donors (Lipinski definition) is 3. The molecule has 0 bridgehead atoms. The monoisotopic (exact) mass is 428 g/mol. The van der Waals surface area contributed by atoms with Crippen LogP contribution in [-0.4, -0.2) is 33.2 Å². The first-order valence-electron chi connectivity index (χ1n) is 8.12. The first kappa shape index (κ1) is 18.7. The van der Waals surface area contributed by atoms with E-state index in [0.29, 0.717) is 11.4 Å². The van der Waals surface area contributed by atoms with Crippen LogP contribution in [0, 0.1) is 6.92 Å². The molecular formula is C19H17BrN4O3. The molecule has 2 aromatic carbocycles. The molecule has 3 rings (SSSR count). The van der Waals surface area contributed by atoms with Gasteiger partial charge in [0, 0.05) is 10.2 Å². The van der Waals surface area contributed by atoms with Crippen molar-refractivity contribution in [2.24, 2.45) is 0 Å². The van der Waals surface area contributed by atoms with Gasteiger partial charge in [0.25, 0.3) is 5.91 Å². The molecule has 7 nitrogen and oxygen atoms in total. The van der Waals surface area contributed by atoms with Crippen LogP contribution in [0.1, 0.15) is 16.1 Å². The topological polar surface area (TPSA) is 96.3 Å². The Morgan fingerprint density at radius 1 is 1.19 bits per heavy atom. The van der Waals surface area contributed by atoms with Gasteiger partial charge in [-0.15, -0.1) is 0 Å². The number of nitrogens with one attached hydrogen (secondary N) is 2. The van der Waals surface area contributed by atoms with Crippen molar-refractivity contribution < 1.29 is 14.7 Å². The van der Waals surface area contributed by atoms with Crippen molar-refractivity contribution in [1.82, 2.24) is 15.1 Å². The second-order valence-corrected chi connectivity index (χ2v) is 6.75. The van der Waals surface area contributed by atoms with E-state index in [4.69, 9.17) is 0 Å². The number of aryl methyl sites for hydroxylation is 1. The Morgan fingerprint density at radius 2 is 1.93 bits per heavy atom. The Kier molecular flexibility index (Phi) is 5.56. The predicted molar refractivity (Wildman–Crippen MR) is 105 cm³/mol. The highest BCUT2D eigenvalue weighted by Crippen LogP contribution is 2.20. The zero-order chi connectivity index (χ0) is 19.4. The van der Waals surface area contributed by atoms with Crippen molar-refractivity contribution in [3.63, 3.8) is 0 Å². The van der Waals surface area contributed by atoms with Gasteiger partial charge in [-0.25, -0.2) is 4.68 Å². The largest absolute Gasteiger partial charge is 0.504 e. The standard InChI is InChI=1S/C19H17BrN4O3/c1-12-9-13(20)7-8-15(12)22-17(26)10-21-19(27)18-16(25)11-24(23-18)14-5-3-2-4-6-14/h2-9,11,25H,10H2,1H3,(H,21,27)(H,22,26). The van der Waals surface area contributed by atoms with Gasteiger partial charge in [0.15, 0.2) is 11.4 Å². The van der Waals surface area contributed by atoms with Crippen LogP contribution in [0.25, 0.3) is 5.69 Å². The zero-order valence-corrected chi connectivity index (χ0v) is 16.0. The van der Waals surface area contributed by atoms with Crippen molar-refractivity contribution in [3.05, 3.63) is 70.5 Å². The number of carbonyl (C=O) groups excluding carboxylic acids is 2. The van der Waals surface area contributed by atoms with E-state index in [-0.39, 0.29) is 23.9 Å². The lowest BCUT2D eigenvalue weighted by molar-refractivity contribution is -0.115. The SMILES string of the molecule is Cc1cc(Br)ccc1NC(=O)CNC(=O)c1nn(-c2ccccc2)cc1O. The molecule has 0 fully saturated rings. The lowest BCUT2D eigenvalue weighted by Crippen LogP contribution is -2.33. The minimum Gasteiger partial charge on any atom is -0.504 e. The average Bonchev–Trinajstić information content (AvgIpc) is 3.05. The van der Waals surface area contributed by atoms with E-state index in [1.807, 2.05) is 37.3 Å². The molecule has 0 radical (unpaired) electrons. The van der Waals surface area contributed by atoms with Crippen molar-refractivity contribution in [1.29, 1.82) is 0 Å². The van der Waals surface area contributed by atoms with Crippen LogP contribution in [0.2, 0.25) is 0 Å². The average molecular weight is 429 g/mol. The summed E-state index contributed by atoms with van der Waals surface area (Å²) < 4.78 is 2.31. The fourth-order valence-corrected chi connectivity index (χ4v) is 2.92.